The highest BCUT2D eigenvalue weighted by Crippen LogP contribution is 2.32. The monoisotopic (exact) mass is 219 g/mol. The van der Waals surface area contributed by atoms with Crippen molar-refractivity contribution in [2.45, 2.75) is 51.0 Å². The Balaban J connectivity index is 2.26. The van der Waals surface area contributed by atoms with E-state index in [2.05, 4.69) is 22.2 Å². The fraction of sp³-hybridized carbons (Fsp3) is 0.692. The summed E-state index contributed by atoms with van der Waals surface area (Å²) in [5, 5.41) is 3.71. The number of hydrogen-bond donors (Lipinski definition) is 1. The highest BCUT2D eigenvalue weighted by molar-refractivity contribution is 5.12. The molecule has 1 aliphatic rings. The van der Waals surface area contributed by atoms with Gasteiger partial charge in [0.05, 0.1) is 17.4 Å². The molecule has 3 heteroatoms. The molecule has 0 amide bonds. The van der Waals surface area contributed by atoms with Gasteiger partial charge < -0.3 is 5.32 Å². The molecule has 1 saturated heterocycles. The van der Waals surface area contributed by atoms with Crippen LogP contribution in [-0.2, 0) is 5.54 Å². The molecule has 0 radical (unpaired) electrons. The van der Waals surface area contributed by atoms with Crippen molar-refractivity contribution < 1.29 is 0 Å². The van der Waals surface area contributed by atoms with Crippen molar-refractivity contribution in [3.63, 3.8) is 0 Å². The van der Waals surface area contributed by atoms with E-state index in [0.717, 1.165) is 18.7 Å². The molecular weight excluding hydrogens is 198 g/mol. The fourth-order valence-corrected chi connectivity index (χ4v) is 2.68. The van der Waals surface area contributed by atoms with Crippen LogP contribution in [0.5, 0.6) is 0 Å². The first-order chi connectivity index (χ1) is 7.87. The fourth-order valence-electron chi connectivity index (χ4n) is 2.68. The number of nitrogens with one attached hydrogen (secondary N) is 1. The summed E-state index contributed by atoms with van der Waals surface area (Å²) in [4.78, 5) is 8.73. The summed E-state index contributed by atoms with van der Waals surface area (Å²) in [7, 11) is 0. The Morgan fingerprint density at radius 3 is 3.00 bits per heavy atom. The lowest BCUT2D eigenvalue weighted by Crippen LogP contribution is -2.42. The molecule has 1 aromatic heterocycles. The molecule has 3 nitrogen and oxygen atoms in total. The van der Waals surface area contributed by atoms with Crippen molar-refractivity contribution in [1.29, 1.82) is 0 Å². The first-order valence-corrected chi connectivity index (χ1v) is 6.39. The summed E-state index contributed by atoms with van der Waals surface area (Å²) in [6.07, 6.45) is 12.9. The second kappa shape index (κ2) is 5.39. The maximum absolute atomic E-state index is 4.51. The summed E-state index contributed by atoms with van der Waals surface area (Å²) in [5.41, 5.74) is 1.21. The second-order valence-electron chi connectivity index (χ2n) is 4.66. The molecule has 2 heterocycles. The zero-order valence-electron chi connectivity index (χ0n) is 10.1. The van der Waals surface area contributed by atoms with Crippen molar-refractivity contribution in [2.24, 2.45) is 0 Å². The van der Waals surface area contributed by atoms with Gasteiger partial charge in [-0.2, -0.15) is 0 Å². The van der Waals surface area contributed by atoms with Gasteiger partial charge >= 0.3 is 0 Å². The summed E-state index contributed by atoms with van der Waals surface area (Å²) >= 11 is 0. The predicted octanol–water partition coefficient (Wildman–Crippen LogP) is 2.64. The molecule has 88 valence electrons. The van der Waals surface area contributed by atoms with Crippen LogP contribution >= 0.6 is 0 Å². The lowest BCUT2D eigenvalue weighted by molar-refractivity contribution is 0.288. The van der Waals surface area contributed by atoms with Crippen molar-refractivity contribution in [3.05, 3.63) is 24.3 Å². The maximum atomic E-state index is 4.51. The maximum Gasteiger partial charge on any atom is 0.0787 e. The van der Waals surface area contributed by atoms with E-state index >= 15 is 0 Å². The zero-order valence-corrected chi connectivity index (χ0v) is 10.1. The Kier molecular flexibility index (Phi) is 3.88. The van der Waals surface area contributed by atoms with E-state index in [1.165, 1.54) is 32.1 Å². The molecular formula is C13H21N3. The first-order valence-electron chi connectivity index (χ1n) is 6.39. The molecule has 1 aromatic rings. The first kappa shape index (κ1) is 11.5. The van der Waals surface area contributed by atoms with Crippen LogP contribution in [-0.4, -0.2) is 16.5 Å². The van der Waals surface area contributed by atoms with E-state index in [9.17, 15) is 0 Å². The van der Waals surface area contributed by atoms with Crippen LogP contribution in [0.1, 0.15) is 51.1 Å². The summed E-state index contributed by atoms with van der Waals surface area (Å²) < 4.78 is 0. The molecule has 16 heavy (non-hydrogen) atoms. The minimum Gasteiger partial charge on any atom is -0.306 e. The average Bonchev–Trinajstić information content (AvgIpc) is 2.57. The van der Waals surface area contributed by atoms with E-state index in [-0.39, 0.29) is 5.54 Å². The van der Waals surface area contributed by atoms with E-state index in [1.54, 1.807) is 12.4 Å². The van der Waals surface area contributed by atoms with E-state index in [4.69, 9.17) is 0 Å². The quantitative estimate of drug-likeness (QED) is 0.849. The molecule has 1 aliphatic heterocycles. The van der Waals surface area contributed by atoms with Crippen molar-refractivity contribution in [3.8, 4) is 0 Å². The molecule has 2 rings (SSSR count). The van der Waals surface area contributed by atoms with Gasteiger partial charge in [0, 0.05) is 12.4 Å². The zero-order chi connectivity index (χ0) is 11.3. The third-order valence-electron chi connectivity index (χ3n) is 3.47. The Labute approximate surface area is 97.7 Å². The van der Waals surface area contributed by atoms with Gasteiger partial charge in [-0.3, -0.25) is 9.97 Å². The number of hydrogen-bond acceptors (Lipinski definition) is 3. The Hall–Kier alpha value is -0.960. The standard InChI is InChI=1S/C13H21N3/c1-2-6-13(7-4-3-5-8-16-13)12-11-14-9-10-15-12/h9-11,16H,2-8H2,1H3. The van der Waals surface area contributed by atoms with E-state index in [1.807, 2.05) is 6.20 Å². The molecule has 0 aliphatic carbocycles. The highest BCUT2D eigenvalue weighted by Gasteiger charge is 2.32. The van der Waals surface area contributed by atoms with Crippen molar-refractivity contribution >= 4 is 0 Å². The lowest BCUT2D eigenvalue weighted by Gasteiger charge is -2.32. The summed E-state index contributed by atoms with van der Waals surface area (Å²) in [6, 6.07) is 0. The largest absolute Gasteiger partial charge is 0.306 e. The Morgan fingerprint density at radius 1 is 1.31 bits per heavy atom. The Bertz CT molecular complexity index is 302. The highest BCUT2D eigenvalue weighted by atomic mass is 15.0. The van der Waals surface area contributed by atoms with Gasteiger partial charge in [-0.15, -0.1) is 0 Å². The number of nitrogens with zero attached hydrogens (tertiary/aromatic N) is 2. The second-order valence-corrected chi connectivity index (χ2v) is 4.66. The van der Waals surface area contributed by atoms with Gasteiger partial charge in [0.1, 0.15) is 0 Å². The van der Waals surface area contributed by atoms with Crippen molar-refractivity contribution in [2.75, 3.05) is 6.54 Å². The Morgan fingerprint density at radius 2 is 2.25 bits per heavy atom. The van der Waals surface area contributed by atoms with E-state index in [0.29, 0.717) is 0 Å². The topological polar surface area (TPSA) is 37.8 Å². The lowest BCUT2D eigenvalue weighted by atomic mass is 9.85. The molecule has 1 atom stereocenters. The van der Waals surface area contributed by atoms with Crippen LogP contribution in [0, 0.1) is 0 Å². The van der Waals surface area contributed by atoms with Gasteiger partial charge in [-0.1, -0.05) is 26.2 Å². The normalized spacial score (nSPS) is 26.3. The predicted molar refractivity (Wildman–Crippen MR) is 65.1 cm³/mol. The molecule has 0 bridgehead atoms. The molecule has 1 N–H and O–H groups in total. The smallest absolute Gasteiger partial charge is 0.0787 e. The summed E-state index contributed by atoms with van der Waals surface area (Å²) in [6.45, 7) is 3.35. The van der Waals surface area contributed by atoms with E-state index < -0.39 is 0 Å². The van der Waals surface area contributed by atoms with Gasteiger partial charge in [-0.05, 0) is 25.8 Å². The molecule has 1 unspecified atom stereocenters. The summed E-state index contributed by atoms with van der Waals surface area (Å²) in [5.74, 6) is 0. The molecule has 0 aromatic carbocycles. The number of aromatic nitrogens is 2. The van der Waals surface area contributed by atoms with Crippen LogP contribution in [0.25, 0.3) is 0 Å². The minimum absolute atomic E-state index is 0.0828. The van der Waals surface area contributed by atoms with Crippen LogP contribution in [0.2, 0.25) is 0 Å². The van der Waals surface area contributed by atoms with Gasteiger partial charge in [0.25, 0.3) is 0 Å². The molecule has 0 saturated carbocycles. The minimum atomic E-state index is 0.0828. The molecule has 0 spiro atoms. The average molecular weight is 219 g/mol. The number of rotatable bonds is 3. The van der Waals surface area contributed by atoms with Crippen LogP contribution < -0.4 is 5.32 Å². The van der Waals surface area contributed by atoms with Gasteiger partial charge in [0.2, 0.25) is 0 Å². The van der Waals surface area contributed by atoms with Gasteiger partial charge in [-0.25, -0.2) is 0 Å². The van der Waals surface area contributed by atoms with Crippen LogP contribution in [0.15, 0.2) is 18.6 Å². The van der Waals surface area contributed by atoms with Crippen molar-refractivity contribution in [1.82, 2.24) is 15.3 Å². The van der Waals surface area contributed by atoms with Crippen LogP contribution in [0.4, 0.5) is 0 Å². The third kappa shape index (κ3) is 2.40. The van der Waals surface area contributed by atoms with Crippen LogP contribution in [0.3, 0.4) is 0 Å². The van der Waals surface area contributed by atoms with Gasteiger partial charge in [0.15, 0.2) is 0 Å². The SMILES string of the molecule is CCCC1(c2cnccn2)CCCCCN1. The third-order valence-corrected chi connectivity index (χ3v) is 3.47. The molecule has 1 fully saturated rings.